The Morgan fingerprint density at radius 2 is 1.22 bits per heavy atom. The van der Waals surface area contributed by atoms with Gasteiger partial charge in [0.15, 0.2) is 0 Å². The molecule has 0 heterocycles. The highest BCUT2D eigenvalue weighted by Crippen LogP contribution is 2.37. The Morgan fingerprint density at radius 3 is 1.67 bits per heavy atom. The third-order valence-electron chi connectivity index (χ3n) is 2.66. The Kier molecular flexibility index (Phi) is 4.61. The van der Waals surface area contributed by atoms with Crippen molar-refractivity contribution < 1.29 is 0 Å². The summed E-state index contributed by atoms with van der Waals surface area (Å²) in [6, 6.07) is 16.8. The molecule has 0 spiro atoms. The van der Waals surface area contributed by atoms with Crippen LogP contribution in [0, 0.1) is 0 Å². The standard InChI is InChI=1S/C15H17NS2/c1-11(2)12-3-7-14(8-4-12)17-18-15-9-5-13(16)6-10-15/h3-11H,16H2,1-2H3. The van der Waals surface area contributed by atoms with Crippen molar-refractivity contribution in [3.63, 3.8) is 0 Å². The fourth-order valence-corrected chi connectivity index (χ4v) is 3.46. The highest BCUT2D eigenvalue weighted by Gasteiger charge is 2.00. The van der Waals surface area contributed by atoms with Gasteiger partial charge < -0.3 is 5.73 Å². The first-order chi connectivity index (χ1) is 8.65. The zero-order chi connectivity index (χ0) is 13.0. The molecule has 0 fully saturated rings. The predicted molar refractivity (Wildman–Crippen MR) is 83.1 cm³/mol. The maximum atomic E-state index is 5.66. The van der Waals surface area contributed by atoms with E-state index in [1.807, 2.05) is 12.1 Å². The van der Waals surface area contributed by atoms with Gasteiger partial charge in [0.05, 0.1) is 0 Å². The van der Waals surface area contributed by atoms with Crippen LogP contribution in [0.1, 0.15) is 25.3 Å². The minimum atomic E-state index is 0.591. The van der Waals surface area contributed by atoms with E-state index in [0.29, 0.717) is 5.92 Å². The fourth-order valence-electron chi connectivity index (χ4n) is 1.53. The second kappa shape index (κ2) is 6.21. The van der Waals surface area contributed by atoms with Crippen molar-refractivity contribution in [3.8, 4) is 0 Å². The number of nitrogens with two attached hydrogens (primary N) is 1. The van der Waals surface area contributed by atoms with Gasteiger partial charge in [-0.25, -0.2) is 0 Å². The first-order valence-electron chi connectivity index (χ1n) is 5.95. The SMILES string of the molecule is CC(C)c1ccc(SSc2ccc(N)cc2)cc1. The third-order valence-corrected chi connectivity index (χ3v) is 5.08. The van der Waals surface area contributed by atoms with Gasteiger partial charge in [-0.3, -0.25) is 0 Å². The minimum absolute atomic E-state index is 0.591. The van der Waals surface area contributed by atoms with E-state index in [1.165, 1.54) is 15.4 Å². The second-order valence-corrected chi connectivity index (χ2v) is 6.74. The van der Waals surface area contributed by atoms with Crippen molar-refractivity contribution >= 4 is 27.3 Å². The smallest absolute Gasteiger partial charge is 0.0314 e. The lowest BCUT2D eigenvalue weighted by molar-refractivity contribution is 0.865. The normalized spacial score (nSPS) is 10.8. The van der Waals surface area contributed by atoms with Gasteiger partial charge in [0, 0.05) is 15.5 Å². The first kappa shape index (κ1) is 13.4. The summed E-state index contributed by atoms with van der Waals surface area (Å²) in [7, 11) is 3.53. The van der Waals surface area contributed by atoms with Crippen molar-refractivity contribution in [1.29, 1.82) is 0 Å². The summed E-state index contributed by atoms with van der Waals surface area (Å²) >= 11 is 0. The summed E-state index contributed by atoms with van der Waals surface area (Å²) in [6.45, 7) is 4.43. The first-order valence-corrected chi connectivity index (χ1v) is 8.10. The van der Waals surface area contributed by atoms with Gasteiger partial charge in [-0.2, -0.15) is 0 Å². The molecular formula is C15H17NS2. The van der Waals surface area contributed by atoms with Gasteiger partial charge in [0.1, 0.15) is 0 Å². The van der Waals surface area contributed by atoms with Crippen LogP contribution in [-0.2, 0) is 0 Å². The van der Waals surface area contributed by atoms with Crippen molar-refractivity contribution in [2.45, 2.75) is 29.6 Å². The summed E-state index contributed by atoms with van der Waals surface area (Å²) in [6.07, 6.45) is 0. The highest BCUT2D eigenvalue weighted by molar-refractivity contribution is 8.76. The van der Waals surface area contributed by atoms with Crippen LogP contribution in [0.25, 0.3) is 0 Å². The molecule has 18 heavy (non-hydrogen) atoms. The predicted octanol–water partition coefficient (Wildman–Crippen LogP) is 5.19. The Hall–Kier alpha value is -1.06. The summed E-state index contributed by atoms with van der Waals surface area (Å²) in [5.41, 5.74) is 7.86. The van der Waals surface area contributed by atoms with Crippen molar-refractivity contribution in [2.24, 2.45) is 0 Å². The summed E-state index contributed by atoms with van der Waals surface area (Å²) in [5.74, 6) is 0.591. The average Bonchev–Trinajstić information content (AvgIpc) is 2.38. The summed E-state index contributed by atoms with van der Waals surface area (Å²) in [5, 5.41) is 0. The molecule has 0 aliphatic rings. The molecule has 94 valence electrons. The van der Waals surface area contributed by atoms with Gasteiger partial charge in [-0.05, 0) is 47.9 Å². The van der Waals surface area contributed by atoms with Gasteiger partial charge in [-0.1, -0.05) is 47.6 Å². The molecule has 0 radical (unpaired) electrons. The molecule has 0 saturated heterocycles. The van der Waals surface area contributed by atoms with Crippen LogP contribution in [0.15, 0.2) is 58.3 Å². The molecule has 0 amide bonds. The molecule has 3 heteroatoms. The van der Waals surface area contributed by atoms with Crippen LogP contribution in [0.5, 0.6) is 0 Å². The van der Waals surface area contributed by atoms with Crippen molar-refractivity contribution in [3.05, 3.63) is 54.1 Å². The molecule has 0 aliphatic heterocycles. The van der Waals surface area contributed by atoms with E-state index in [9.17, 15) is 0 Å². The van der Waals surface area contributed by atoms with Crippen molar-refractivity contribution in [2.75, 3.05) is 5.73 Å². The number of nitrogen functional groups attached to an aromatic ring is 1. The van der Waals surface area contributed by atoms with E-state index in [2.05, 4.69) is 50.2 Å². The highest BCUT2D eigenvalue weighted by atomic mass is 33.1. The molecule has 0 aromatic heterocycles. The van der Waals surface area contributed by atoms with Gasteiger partial charge >= 0.3 is 0 Å². The van der Waals surface area contributed by atoms with Crippen LogP contribution in [0.3, 0.4) is 0 Å². The van der Waals surface area contributed by atoms with Crippen LogP contribution >= 0.6 is 21.6 Å². The lowest BCUT2D eigenvalue weighted by Crippen LogP contribution is -1.85. The molecule has 2 aromatic rings. The summed E-state index contributed by atoms with van der Waals surface area (Å²) < 4.78 is 0. The van der Waals surface area contributed by atoms with Crippen LogP contribution in [-0.4, -0.2) is 0 Å². The van der Waals surface area contributed by atoms with Crippen LogP contribution in [0.4, 0.5) is 5.69 Å². The van der Waals surface area contributed by atoms with E-state index < -0.39 is 0 Å². The molecule has 0 bridgehead atoms. The van der Waals surface area contributed by atoms with Crippen LogP contribution < -0.4 is 5.73 Å². The molecule has 2 N–H and O–H groups in total. The molecule has 2 aromatic carbocycles. The monoisotopic (exact) mass is 275 g/mol. The van der Waals surface area contributed by atoms with Gasteiger partial charge in [0.25, 0.3) is 0 Å². The quantitative estimate of drug-likeness (QED) is 0.614. The Balaban J connectivity index is 1.95. The molecule has 2 rings (SSSR count). The van der Waals surface area contributed by atoms with E-state index in [-0.39, 0.29) is 0 Å². The molecule has 0 atom stereocenters. The number of rotatable bonds is 4. The van der Waals surface area contributed by atoms with Gasteiger partial charge in [-0.15, -0.1) is 0 Å². The number of hydrogen-bond donors (Lipinski definition) is 1. The summed E-state index contributed by atoms with van der Waals surface area (Å²) in [4.78, 5) is 2.50. The zero-order valence-electron chi connectivity index (χ0n) is 10.6. The maximum absolute atomic E-state index is 5.66. The fraction of sp³-hybridized carbons (Fsp3) is 0.200. The van der Waals surface area contributed by atoms with E-state index in [1.54, 1.807) is 21.6 Å². The van der Waals surface area contributed by atoms with Crippen molar-refractivity contribution in [1.82, 2.24) is 0 Å². The molecule has 0 saturated carbocycles. The Bertz CT molecular complexity index is 489. The zero-order valence-corrected chi connectivity index (χ0v) is 12.2. The number of anilines is 1. The topological polar surface area (TPSA) is 26.0 Å². The van der Waals surface area contributed by atoms with E-state index in [0.717, 1.165) is 5.69 Å². The largest absolute Gasteiger partial charge is 0.399 e. The Labute approximate surface area is 117 Å². The third kappa shape index (κ3) is 3.72. The minimum Gasteiger partial charge on any atom is -0.399 e. The van der Waals surface area contributed by atoms with E-state index in [4.69, 9.17) is 5.73 Å². The molecule has 0 unspecified atom stereocenters. The van der Waals surface area contributed by atoms with E-state index >= 15 is 0 Å². The second-order valence-electron chi connectivity index (χ2n) is 4.46. The number of benzene rings is 2. The molecule has 1 nitrogen and oxygen atoms in total. The van der Waals surface area contributed by atoms with Gasteiger partial charge in [0.2, 0.25) is 0 Å². The molecular weight excluding hydrogens is 258 g/mol. The average molecular weight is 275 g/mol. The maximum Gasteiger partial charge on any atom is 0.0314 e. The lowest BCUT2D eigenvalue weighted by atomic mass is 10.0. The molecule has 0 aliphatic carbocycles. The van der Waals surface area contributed by atoms with Crippen LogP contribution in [0.2, 0.25) is 0 Å². The Morgan fingerprint density at radius 1 is 0.778 bits per heavy atom. The lowest BCUT2D eigenvalue weighted by Gasteiger charge is -2.06. The number of hydrogen-bond acceptors (Lipinski definition) is 3.